The number of hydrogen-bond donors (Lipinski definition) is 1. The van der Waals surface area contributed by atoms with E-state index in [4.69, 9.17) is 5.11 Å². The number of aryl methyl sites for hydroxylation is 3. The fraction of sp³-hybridized carbons (Fsp3) is 0.364. The molecule has 0 unspecified atom stereocenters. The zero-order valence-corrected chi connectivity index (χ0v) is 9.79. The number of carboxylic acids is 1. The lowest BCUT2D eigenvalue weighted by molar-refractivity contribution is 0.0684. The fourth-order valence-corrected chi connectivity index (χ4v) is 1.77. The highest BCUT2D eigenvalue weighted by atomic mass is 16.4. The molecule has 6 heteroatoms. The summed E-state index contributed by atoms with van der Waals surface area (Å²) >= 11 is 0. The molecule has 0 radical (unpaired) electrons. The predicted molar refractivity (Wildman–Crippen MR) is 60.9 cm³/mol. The summed E-state index contributed by atoms with van der Waals surface area (Å²) < 4.78 is 3.67. The van der Waals surface area contributed by atoms with Gasteiger partial charge >= 0.3 is 5.97 Å². The Morgan fingerprint density at radius 2 is 2.06 bits per heavy atom. The lowest BCUT2D eigenvalue weighted by Gasteiger charge is -2.09. The van der Waals surface area contributed by atoms with Crippen molar-refractivity contribution in [1.82, 2.24) is 19.1 Å². The topological polar surface area (TPSA) is 72.9 Å². The van der Waals surface area contributed by atoms with Crippen molar-refractivity contribution >= 4 is 5.97 Å². The molecule has 0 atom stereocenters. The lowest BCUT2D eigenvalue weighted by atomic mass is 10.4. The molecule has 0 bridgehead atoms. The minimum Gasteiger partial charge on any atom is -0.477 e. The number of rotatable bonds is 4. The van der Waals surface area contributed by atoms with Gasteiger partial charge in [0.2, 0.25) is 0 Å². The molecule has 6 nitrogen and oxygen atoms in total. The van der Waals surface area contributed by atoms with Gasteiger partial charge in [-0.05, 0) is 13.8 Å². The van der Waals surface area contributed by atoms with E-state index in [1.165, 1.54) is 6.20 Å². The highest BCUT2D eigenvalue weighted by molar-refractivity contribution is 5.85. The van der Waals surface area contributed by atoms with Crippen molar-refractivity contribution in [2.24, 2.45) is 0 Å². The molecule has 0 aliphatic heterocycles. The molecule has 2 aromatic heterocycles. The third-order valence-electron chi connectivity index (χ3n) is 2.76. The van der Waals surface area contributed by atoms with Crippen molar-refractivity contribution in [2.75, 3.05) is 0 Å². The number of aromatic carboxylic acids is 1. The average Bonchev–Trinajstić information content (AvgIpc) is 2.82. The summed E-state index contributed by atoms with van der Waals surface area (Å²) in [4.78, 5) is 19.1. The standard InChI is InChI=1S/C11H14N4O2/c1-8-12-3-4-14(8)5-6-15-9(2)13-7-10(15)11(16)17/h3-4,7H,5-6H2,1-2H3,(H,16,17). The van der Waals surface area contributed by atoms with Crippen molar-refractivity contribution in [3.05, 3.63) is 35.9 Å². The maximum atomic E-state index is 11.0. The molecule has 0 saturated carbocycles. The Morgan fingerprint density at radius 1 is 1.29 bits per heavy atom. The van der Waals surface area contributed by atoms with E-state index >= 15 is 0 Å². The molecule has 0 aliphatic rings. The molecule has 0 saturated heterocycles. The smallest absolute Gasteiger partial charge is 0.354 e. The molecule has 1 N–H and O–H groups in total. The fourth-order valence-electron chi connectivity index (χ4n) is 1.77. The molecule has 2 rings (SSSR count). The van der Waals surface area contributed by atoms with Gasteiger partial charge in [-0.2, -0.15) is 0 Å². The maximum Gasteiger partial charge on any atom is 0.354 e. The van der Waals surface area contributed by atoms with Gasteiger partial charge in [-0.1, -0.05) is 0 Å². The summed E-state index contributed by atoms with van der Waals surface area (Å²) in [5.41, 5.74) is 0.222. The highest BCUT2D eigenvalue weighted by Crippen LogP contribution is 2.06. The molecular formula is C11H14N4O2. The number of carbonyl (C=O) groups is 1. The summed E-state index contributed by atoms with van der Waals surface area (Å²) in [6.45, 7) is 4.97. The third kappa shape index (κ3) is 2.20. The number of aromatic nitrogens is 4. The van der Waals surface area contributed by atoms with E-state index in [0.717, 1.165) is 5.82 Å². The Hall–Kier alpha value is -2.11. The second-order valence-corrected chi connectivity index (χ2v) is 3.82. The molecular weight excluding hydrogens is 220 g/mol. The van der Waals surface area contributed by atoms with Crippen LogP contribution in [-0.4, -0.2) is 30.2 Å². The van der Waals surface area contributed by atoms with Crippen LogP contribution in [0.4, 0.5) is 0 Å². The van der Waals surface area contributed by atoms with Gasteiger partial charge in [0.25, 0.3) is 0 Å². The quantitative estimate of drug-likeness (QED) is 0.859. The van der Waals surface area contributed by atoms with Gasteiger partial charge in [0, 0.05) is 25.5 Å². The number of nitrogens with zero attached hydrogens (tertiary/aromatic N) is 4. The lowest BCUT2D eigenvalue weighted by Crippen LogP contribution is -2.14. The first-order valence-corrected chi connectivity index (χ1v) is 5.32. The van der Waals surface area contributed by atoms with E-state index in [0.29, 0.717) is 18.9 Å². The van der Waals surface area contributed by atoms with Crippen molar-refractivity contribution in [2.45, 2.75) is 26.9 Å². The van der Waals surface area contributed by atoms with Crippen molar-refractivity contribution in [1.29, 1.82) is 0 Å². The highest BCUT2D eigenvalue weighted by Gasteiger charge is 2.12. The Bertz CT molecular complexity index is 541. The molecule has 90 valence electrons. The normalized spacial score (nSPS) is 10.7. The summed E-state index contributed by atoms with van der Waals surface area (Å²) in [6.07, 6.45) is 4.99. The van der Waals surface area contributed by atoms with Crippen molar-refractivity contribution in [3.8, 4) is 0 Å². The van der Waals surface area contributed by atoms with Crippen LogP contribution in [0.2, 0.25) is 0 Å². The van der Waals surface area contributed by atoms with Gasteiger partial charge in [0.1, 0.15) is 17.3 Å². The molecule has 0 fully saturated rings. The van der Waals surface area contributed by atoms with Crippen LogP contribution in [0.25, 0.3) is 0 Å². The zero-order valence-electron chi connectivity index (χ0n) is 9.79. The van der Waals surface area contributed by atoms with E-state index < -0.39 is 5.97 Å². The Labute approximate surface area is 98.5 Å². The number of carboxylic acid groups (broad SMARTS) is 1. The monoisotopic (exact) mass is 234 g/mol. The second-order valence-electron chi connectivity index (χ2n) is 3.82. The summed E-state index contributed by atoms with van der Waals surface area (Å²) in [5.74, 6) is 0.674. The van der Waals surface area contributed by atoms with E-state index in [1.807, 2.05) is 17.7 Å². The number of imidazole rings is 2. The average molecular weight is 234 g/mol. The molecule has 17 heavy (non-hydrogen) atoms. The van der Waals surface area contributed by atoms with Crippen LogP contribution in [0.15, 0.2) is 18.6 Å². The van der Waals surface area contributed by atoms with Gasteiger partial charge < -0.3 is 14.2 Å². The van der Waals surface area contributed by atoms with Crippen molar-refractivity contribution in [3.63, 3.8) is 0 Å². The van der Waals surface area contributed by atoms with Gasteiger partial charge in [-0.3, -0.25) is 0 Å². The molecule has 2 aromatic rings. The zero-order chi connectivity index (χ0) is 12.4. The van der Waals surface area contributed by atoms with Crippen LogP contribution >= 0.6 is 0 Å². The van der Waals surface area contributed by atoms with Gasteiger partial charge in [0.15, 0.2) is 0 Å². The molecule has 0 aromatic carbocycles. The van der Waals surface area contributed by atoms with Crippen LogP contribution in [0.1, 0.15) is 22.1 Å². The van der Waals surface area contributed by atoms with Crippen LogP contribution < -0.4 is 0 Å². The van der Waals surface area contributed by atoms with E-state index in [2.05, 4.69) is 9.97 Å². The van der Waals surface area contributed by atoms with E-state index in [1.54, 1.807) is 17.7 Å². The first-order valence-electron chi connectivity index (χ1n) is 5.32. The summed E-state index contributed by atoms with van der Waals surface area (Å²) in [6, 6.07) is 0. The number of hydrogen-bond acceptors (Lipinski definition) is 3. The summed E-state index contributed by atoms with van der Waals surface area (Å²) in [7, 11) is 0. The predicted octanol–water partition coefficient (Wildman–Crippen LogP) is 1.09. The minimum atomic E-state index is -0.951. The van der Waals surface area contributed by atoms with E-state index in [-0.39, 0.29) is 5.69 Å². The second kappa shape index (κ2) is 4.40. The van der Waals surface area contributed by atoms with Gasteiger partial charge in [-0.25, -0.2) is 14.8 Å². The van der Waals surface area contributed by atoms with Crippen LogP contribution in [0.3, 0.4) is 0 Å². The molecule has 2 heterocycles. The van der Waals surface area contributed by atoms with Crippen LogP contribution in [0, 0.1) is 13.8 Å². The first kappa shape index (κ1) is 11.4. The van der Waals surface area contributed by atoms with Gasteiger partial charge in [0.05, 0.1) is 6.20 Å². The molecule has 0 spiro atoms. The minimum absolute atomic E-state index is 0.222. The Morgan fingerprint density at radius 3 is 2.65 bits per heavy atom. The summed E-state index contributed by atoms with van der Waals surface area (Å²) in [5, 5.41) is 9.01. The maximum absolute atomic E-state index is 11.0. The van der Waals surface area contributed by atoms with Crippen LogP contribution in [0.5, 0.6) is 0 Å². The Kier molecular flexibility index (Phi) is 2.95. The Balaban J connectivity index is 2.16. The molecule has 0 aliphatic carbocycles. The third-order valence-corrected chi connectivity index (χ3v) is 2.76. The van der Waals surface area contributed by atoms with E-state index in [9.17, 15) is 4.79 Å². The molecule has 0 amide bonds. The van der Waals surface area contributed by atoms with Crippen molar-refractivity contribution < 1.29 is 9.90 Å². The SMILES string of the molecule is Cc1nccn1CCn1c(C(=O)O)cnc1C. The first-order chi connectivity index (χ1) is 8.09. The largest absolute Gasteiger partial charge is 0.477 e. The van der Waals surface area contributed by atoms with Gasteiger partial charge in [-0.15, -0.1) is 0 Å². The van der Waals surface area contributed by atoms with Crippen LogP contribution in [-0.2, 0) is 13.1 Å².